The third-order valence-corrected chi connectivity index (χ3v) is 5.71. The quantitative estimate of drug-likeness (QED) is 0.869. The van der Waals surface area contributed by atoms with Crippen molar-refractivity contribution in [2.24, 2.45) is 5.41 Å². The second kappa shape index (κ2) is 5.40. The SMILES string of the molecule is CCC1(C)CCN(C2CCCc3cc(O)ccc32)CC1. The molecule has 1 saturated heterocycles. The fourth-order valence-corrected chi connectivity index (χ4v) is 3.88. The highest BCUT2D eigenvalue weighted by Gasteiger charge is 2.33. The summed E-state index contributed by atoms with van der Waals surface area (Å²) in [6.45, 7) is 7.23. The van der Waals surface area contributed by atoms with Gasteiger partial charge in [0.05, 0.1) is 0 Å². The van der Waals surface area contributed by atoms with Gasteiger partial charge in [-0.15, -0.1) is 0 Å². The summed E-state index contributed by atoms with van der Waals surface area (Å²) >= 11 is 0. The van der Waals surface area contributed by atoms with E-state index in [4.69, 9.17) is 0 Å². The molecule has 1 aliphatic carbocycles. The molecule has 1 fully saturated rings. The lowest BCUT2D eigenvalue weighted by atomic mass is 9.77. The van der Waals surface area contributed by atoms with Gasteiger partial charge in [0.15, 0.2) is 0 Å². The van der Waals surface area contributed by atoms with E-state index >= 15 is 0 Å². The van der Waals surface area contributed by atoms with E-state index in [0.29, 0.717) is 17.2 Å². The van der Waals surface area contributed by atoms with Crippen LogP contribution in [-0.4, -0.2) is 23.1 Å². The molecule has 1 unspecified atom stereocenters. The van der Waals surface area contributed by atoms with Crippen LogP contribution >= 0.6 is 0 Å². The number of benzene rings is 1. The number of hydrogen-bond acceptors (Lipinski definition) is 2. The molecule has 0 spiro atoms. The van der Waals surface area contributed by atoms with Crippen LogP contribution in [0.15, 0.2) is 18.2 Å². The van der Waals surface area contributed by atoms with Crippen molar-refractivity contribution < 1.29 is 5.11 Å². The molecule has 1 aliphatic heterocycles. The third-order valence-electron chi connectivity index (χ3n) is 5.71. The van der Waals surface area contributed by atoms with E-state index in [2.05, 4.69) is 24.8 Å². The standard InChI is InChI=1S/C18H27NO/c1-3-18(2)9-11-19(12-10-18)17-6-4-5-14-13-15(20)7-8-16(14)17/h7-8,13,17,20H,3-6,9-12H2,1-2H3. The van der Waals surface area contributed by atoms with Crippen molar-refractivity contribution in [3.05, 3.63) is 29.3 Å². The molecule has 1 N–H and O–H groups in total. The average Bonchev–Trinajstić information content (AvgIpc) is 2.47. The van der Waals surface area contributed by atoms with Gasteiger partial charge in [-0.1, -0.05) is 26.3 Å². The first-order chi connectivity index (χ1) is 9.61. The van der Waals surface area contributed by atoms with Gasteiger partial charge in [-0.2, -0.15) is 0 Å². The minimum absolute atomic E-state index is 0.418. The number of hydrogen-bond donors (Lipinski definition) is 1. The van der Waals surface area contributed by atoms with E-state index in [-0.39, 0.29) is 0 Å². The van der Waals surface area contributed by atoms with Crippen LogP contribution in [0.2, 0.25) is 0 Å². The normalized spacial score (nSPS) is 26.2. The Hall–Kier alpha value is -1.02. The molecule has 3 rings (SSSR count). The van der Waals surface area contributed by atoms with Crippen molar-refractivity contribution in [1.29, 1.82) is 0 Å². The second-order valence-corrected chi connectivity index (χ2v) is 6.99. The predicted molar refractivity (Wildman–Crippen MR) is 83.0 cm³/mol. The van der Waals surface area contributed by atoms with E-state index in [0.717, 1.165) is 6.42 Å². The Kier molecular flexibility index (Phi) is 3.76. The maximum absolute atomic E-state index is 9.67. The zero-order valence-corrected chi connectivity index (χ0v) is 12.9. The van der Waals surface area contributed by atoms with Gasteiger partial charge in [-0.3, -0.25) is 4.90 Å². The molecule has 1 atom stereocenters. The lowest BCUT2D eigenvalue weighted by molar-refractivity contribution is 0.0734. The van der Waals surface area contributed by atoms with Gasteiger partial charge in [-0.25, -0.2) is 0 Å². The number of phenolic OH excluding ortho intramolecular Hbond substituents is 1. The highest BCUT2D eigenvalue weighted by atomic mass is 16.3. The number of rotatable bonds is 2. The number of likely N-dealkylation sites (tertiary alicyclic amines) is 1. The van der Waals surface area contributed by atoms with E-state index in [1.165, 1.54) is 56.3 Å². The van der Waals surface area contributed by atoms with Crippen LogP contribution in [0.5, 0.6) is 5.75 Å². The van der Waals surface area contributed by atoms with Gasteiger partial charge < -0.3 is 5.11 Å². The minimum atomic E-state index is 0.418. The molecule has 1 aromatic rings. The number of aromatic hydroxyl groups is 1. The summed E-state index contributed by atoms with van der Waals surface area (Å²) in [5.41, 5.74) is 3.39. The van der Waals surface area contributed by atoms with Crippen molar-refractivity contribution in [1.82, 2.24) is 4.90 Å². The minimum Gasteiger partial charge on any atom is -0.508 e. The van der Waals surface area contributed by atoms with Crippen molar-refractivity contribution in [3.8, 4) is 5.75 Å². The molecule has 20 heavy (non-hydrogen) atoms. The Morgan fingerprint density at radius 3 is 2.75 bits per heavy atom. The number of phenols is 1. The molecule has 110 valence electrons. The molecule has 0 bridgehead atoms. The van der Waals surface area contributed by atoms with Crippen LogP contribution in [-0.2, 0) is 6.42 Å². The van der Waals surface area contributed by atoms with Gasteiger partial charge in [0, 0.05) is 6.04 Å². The van der Waals surface area contributed by atoms with E-state index < -0.39 is 0 Å². The second-order valence-electron chi connectivity index (χ2n) is 6.99. The lowest BCUT2D eigenvalue weighted by Gasteiger charge is -2.44. The van der Waals surface area contributed by atoms with E-state index in [1.807, 2.05) is 12.1 Å². The first kappa shape index (κ1) is 13.9. The summed E-state index contributed by atoms with van der Waals surface area (Å²) in [4.78, 5) is 2.69. The Morgan fingerprint density at radius 2 is 2.05 bits per heavy atom. The zero-order valence-electron chi connectivity index (χ0n) is 12.9. The summed E-state index contributed by atoms with van der Waals surface area (Å²) in [5, 5.41) is 9.67. The molecule has 1 aromatic carbocycles. The molecule has 0 aromatic heterocycles. The van der Waals surface area contributed by atoms with Crippen LogP contribution in [0.1, 0.15) is 63.1 Å². The molecule has 0 radical (unpaired) electrons. The van der Waals surface area contributed by atoms with Gasteiger partial charge in [0.2, 0.25) is 0 Å². The molecule has 0 amide bonds. The van der Waals surface area contributed by atoms with Gasteiger partial charge >= 0.3 is 0 Å². The fraction of sp³-hybridized carbons (Fsp3) is 0.667. The van der Waals surface area contributed by atoms with Crippen molar-refractivity contribution in [2.45, 2.75) is 58.4 Å². The van der Waals surface area contributed by atoms with Crippen LogP contribution < -0.4 is 0 Å². The lowest BCUT2D eigenvalue weighted by Crippen LogP contribution is -2.41. The highest BCUT2D eigenvalue weighted by molar-refractivity contribution is 5.38. The van der Waals surface area contributed by atoms with Crippen molar-refractivity contribution in [2.75, 3.05) is 13.1 Å². The van der Waals surface area contributed by atoms with Crippen LogP contribution in [0, 0.1) is 5.41 Å². The Labute approximate surface area is 122 Å². The molecular weight excluding hydrogens is 246 g/mol. The maximum atomic E-state index is 9.67. The van der Waals surface area contributed by atoms with Crippen LogP contribution in [0.3, 0.4) is 0 Å². The topological polar surface area (TPSA) is 23.5 Å². The first-order valence-corrected chi connectivity index (χ1v) is 8.17. The monoisotopic (exact) mass is 273 g/mol. The Balaban J connectivity index is 1.77. The number of nitrogens with zero attached hydrogens (tertiary/aromatic N) is 1. The molecule has 1 heterocycles. The summed E-state index contributed by atoms with van der Waals surface area (Å²) < 4.78 is 0. The van der Waals surface area contributed by atoms with Gasteiger partial charge in [-0.05, 0) is 73.9 Å². The summed E-state index contributed by atoms with van der Waals surface area (Å²) in [5.74, 6) is 0.418. The molecule has 2 nitrogen and oxygen atoms in total. The Bertz CT molecular complexity index is 474. The number of aryl methyl sites for hydroxylation is 1. The third kappa shape index (κ3) is 2.58. The van der Waals surface area contributed by atoms with Gasteiger partial charge in [0.25, 0.3) is 0 Å². The van der Waals surface area contributed by atoms with Crippen LogP contribution in [0.25, 0.3) is 0 Å². The molecule has 2 aliphatic rings. The predicted octanol–water partition coefficient (Wildman–Crippen LogP) is 4.28. The van der Waals surface area contributed by atoms with Crippen LogP contribution in [0.4, 0.5) is 0 Å². The molecule has 0 saturated carbocycles. The summed E-state index contributed by atoms with van der Waals surface area (Å²) in [7, 11) is 0. The van der Waals surface area contributed by atoms with Crippen molar-refractivity contribution in [3.63, 3.8) is 0 Å². The first-order valence-electron chi connectivity index (χ1n) is 8.17. The van der Waals surface area contributed by atoms with Crippen molar-refractivity contribution >= 4 is 0 Å². The van der Waals surface area contributed by atoms with E-state index in [9.17, 15) is 5.11 Å². The smallest absolute Gasteiger partial charge is 0.115 e. The fourth-order valence-electron chi connectivity index (χ4n) is 3.88. The zero-order chi connectivity index (χ0) is 14.2. The average molecular weight is 273 g/mol. The van der Waals surface area contributed by atoms with Gasteiger partial charge in [0.1, 0.15) is 5.75 Å². The number of fused-ring (bicyclic) bond motifs is 1. The number of piperidine rings is 1. The summed E-state index contributed by atoms with van der Waals surface area (Å²) in [6.07, 6.45) is 7.61. The highest BCUT2D eigenvalue weighted by Crippen LogP contribution is 2.41. The largest absolute Gasteiger partial charge is 0.508 e. The maximum Gasteiger partial charge on any atom is 0.115 e. The molecular formula is C18H27NO. The molecule has 2 heteroatoms. The van der Waals surface area contributed by atoms with E-state index in [1.54, 1.807) is 0 Å². The Morgan fingerprint density at radius 1 is 1.30 bits per heavy atom. The summed E-state index contributed by atoms with van der Waals surface area (Å²) in [6, 6.07) is 6.57.